The lowest BCUT2D eigenvalue weighted by atomic mass is 9.95. The maximum absolute atomic E-state index is 12.4. The van der Waals surface area contributed by atoms with E-state index < -0.39 is 23.4 Å². The molecule has 148 valence electrons. The van der Waals surface area contributed by atoms with Gasteiger partial charge < -0.3 is 16.2 Å². The van der Waals surface area contributed by atoms with Crippen LogP contribution in [-0.4, -0.2) is 33.7 Å². The van der Waals surface area contributed by atoms with Crippen molar-refractivity contribution >= 4 is 11.8 Å². The van der Waals surface area contributed by atoms with Crippen molar-refractivity contribution in [3.05, 3.63) is 65.2 Å². The standard InChI is InChI=1S/C22H21N3O4/c1-22(2,23)19(21(28)25-29)24-20(27)17-11-7-15(8-12-17)5-3-4-6-16-9-13-18(26)14-10-16/h7-14,19,26,29H,23H2,1-2H3,(H,24,27)(H,25,28). The van der Waals surface area contributed by atoms with Crippen molar-refractivity contribution in [1.29, 1.82) is 0 Å². The SMILES string of the molecule is CC(C)(N)C(NC(=O)c1ccc(C#CC#Cc2ccc(O)cc2)cc1)C(=O)NO. The third kappa shape index (κ3) is 6.40. The topological polar surface area (TPSA) is 125 Å². The van der Waals surface area contributed by atoms with E-state index in [2.05, 4.69) is 29.0 Å². The smallest absolute Gasteiger partial charge is 0.267 e. The highest BCUT2D eigenvalue weighted by Gasteiger charge is 2.33. The predicted molar refractivity (Wildman–Crippen MR) is 108 cm³/mol. The van der Waals surface area contributed by atoms with E-state index >= 15 is 0 Å². The van der Waals surface area contributed by atoms with Crippen LogP contribution in [-0.2, 0) is 4.79 Å². The molecule has 6 N–H and O–H groups in total. The molecule has 1 unspecified atom stereocenters. The third-order valence-electron chi connectivity index (χ3n) is 3.88. The maximum atomic E-state index is 12.4. The van der Waals surface area contributed by atoms with Crippen LogP contribution in [0.25, 0.3) is 0 Å². The van der Waals surface area contributed by atoms with Gasteiger partial charge in [0.05, 0.1) is 0 Å². The van der Waals surface area contributed by atoms with Crippen molar-refractivity contribution in [3.8, 4) is 29.4 Å². The van der Waals surface area contributed by atoms with Crippen LogP contribution in [0.15, 0.2) is 48.5 Å². The van der Waals surface area contributed by atoms with E-state index in [-0.39, 0.29) is 5.75 Å². The monoisotopic (exact) mass is 391 g/mol. The second-order valence-electron chi connectivity index (χ2n) is 6.83. The summed E-state index contributed by atoms with van der Waals surface area (Å²) in [6.45, 7) is 3.12. The molecule has 0 aliphatic rings. The van der Waals surface area contributed by atoms with Crippen LogP contribution in [0.4, 0.5) is 0 Å². The molecule has 2 rings (SSSR count). The first-order valence-electron chi connectivity index (χ1n) is 8.65. The van der Waals surface area contributed by atoms with E-state index in [4.69, 9.17) is 10.9 Å². The summed E-state index contributed by atoms with van der Waals surface area (Å²) in [6.07, 6.45) is 0. The number of phenolic OH excluding ortho intramolecular Hbond substituents is 1. The molecular formula is C22H21N3O4. The molecular weight excluding hydrogens is 370 g/mol. The molecule has 29 heavy (non-hydrogen) atoms. The molecule has 0 heterocycles. The van der Waals surface area contributed by atoms with E-state index in [9.17, 15) is 14.7 Å². The lowest BCUT2D eigenvalue weighted by molar-refractivity contribution is -0.132. The summed E-state index contributed by atoms with van der Waals surface area (Å²) in [6, 6.07) is 11.8. The van der Waals surface area contributed by atoms with Crippen LogP contribution in [0.3, 0.4) is 0 Å². The summed E-state index contributed by atoms with van der Waals surface area (Å²) in [7, 11) is 0. The summed E-state index contributed by atoms with van der Waals surface area (Å²) in [5.74, 6) is 10.0. The number of hydrogen-bond donors (Lipinski definition) is 5. The fourth-order valence-electron chi connectivity index (χ4n) is 2.32. The second-order valence-corrected chi connectivity index (χ2v) is 6.83. The van der Waals surface area contributed by atoms with Gasteiger partial charge >= 0.3 is 0 Å². The highest BCUT2D eigenvalue weighted by Crippen LogP contribution is 2.09. The van der Waals surface area contributed by atoms with E-state index in [0.29, 0.717) is 11.1 Å². The molecule has 0 radical (unpaired) electrons. The van der Waals surface area contributed by atoms with Gasteiger partial charge in [-0.15, -0.1) is 0 Å². The number of carbonyl (C=O) groups is 2. The third-order valence-corrected chi connectivity index (χ3v) is 3.88. The van der Waals surface area contributed by atoms with Gasteiger partial charge in [0.25, 0.3) is 11.8 Å². The van der Waals surface area contributed by atoms with Crippen LogP contribution in [0.2, 0.25) is 0 Å². The average Bonchev–Trinajstić information content (AvgIpc) is 2.69. The van der Waals surface area contributed by atoms with Gasteiger partial charge in [-0.3, -0.25) is 14.8 Å². The molecule has 0 spiro atoms. The Hall–Kier alpha value is -3.78. The molecule has 0 aliphatic carbocycles. The zero-order valence-corrected chi connectivity index (χ0v) is 16.0. The summed E-state index contributed by atoms with van der Waals surface area (Å²) < 4.78 is 0. The normalized spacial score (nSPS) is 11.2. The molecule has 0 aromatic heterocycles. The molecule has 0 bridgehead atoms. The number of nitrogens with one attached hydrogen (secondary N) is 2. The lowest BCUT2D eigenvalue weighted by Crippen LogP contribution is -2.61. The Labute approximate surface area is 168 Å². The number of benzene rings is 2. The Morgan fingerprint density at radius 2 is 1.45 bits per heavy atom. The molecule has 0 fully saturated rings. The molecule has 0 saturated carbocycles. The number of amides is 2. The minimum absolute atomic E-state index is 0.170. The summed E-state index contributed by atoms with van der Waals surface area (Å²) in [5, 5.41) is 20.6. The largest absolute Gasteiger partial charge is 0.508 e. The van der Waals surface area contributed by atoms with Crippen molar-refractivity contribution in [3.63, 3.8) is 0 Å². The van der Waals surface area contributed by atoms with E-state index in [0.717, 1.165) is 5.56 Å². The first kappa shape index (κ1) is 21.5. The zero-order valence-electron chi connectivity index (χ0n) is 16.0. The number of phenols is 1. The van der Waals surface area contributed by atoms with Gasteiger partial charge in [0.2, 0.25) is 0 Å². The number of hydroxylamine groups is 1. The Balaban J connectivity index is 2.06. The first-order valence-corrected chi connectivity index (χ1v) is 8.65. The fourth-order valence-corrected chi connectivity index (χ4v) is 2.32. The average molecular weight is 391 g/mol. The molecule has 1 atom stereocenters. The quantitative estimate of drug-likeness (QED) is 0.304. The summed E-state index contributed by atoms with van der Waals surface area (Å²) >= 11 is 0. The van der Waals surface area contributed by atoms with Crippen LogP contribution in [0.5, 0.6) is 5.75 Å². The zero-order chi connectivity index (χ0) is 21.4. The van der Waals surface area contributed by atoms with Crippen molar-refractivity contribution in [2.24, 2.45) is 5.73 Å². The van der Waals surface area contributed by atoms with Crippen molar-refractivity contribution in [2.45, 2.75) is 25.4 Å². The molecule has 7 nitrogen and oxygen atoms in total. The highest BCUT2D eigenvalue weighted by molar-refractivity contribution is 5.97. The van der Waals surface area contributed by atoms with E-state index in [1.807, 2.05) is 0 Å². The highest BCUT2D eigenvalue weighted by atomic mass is 16.5. The van der Waals surface area contributed by atoms with Crippen molar-refractivity contribution in [2.75, 3.05) is 0 Å². The van der Waals surface area contributed by atoms with Crippen LogP contribution < -0.4 is 16.5 Å². The number of nitrogens with two attached hydrogens (primary N) is 1. The van der Waals surface area contributed by atoms with Gasteiger partial charge in [-0.25, -0.2) is 5.48 Å². The number of carbonyl (C=O) groups excluding carboxylic acids is 2. The van der Waals surface area contributed by atoms with Gasteiger partial charge in [-0.2, -0.15) is 0 Å². The number of rotatable bonds is 4. The Bertz CT molecular complexity index is 999. The van der Waals surface area contributed by atoms with Crippen molar-refractivity contribution in [1.82, 2.24) is 10.8 Å². The molecule has 2 aromatic rings. The first-order chi connectivity index (χ1) is 13.7. The lowest BCUT2D eigenvalue weighted by Gasteiger charge is -2.29. The van der Waals surface area contributed by atoms with E-state index in [1.165, 1.54) is 5.48 Å². The number of hydrogen-bond acceptors (Lipinski definition) is 5. The predicted octanol–water partition coefficient (Wildman–Crippen LogP) is 1.14. The van der Waals surface area contributed by atoms with Crippen LogP contribution in [0.1, 0.15) is 35.3 Å². The number of aromatic hydroxyl groups is 1. The van der Waals surface area contributed by atoms with Gasteiger partial charge in [0, 0.05) is 22.2 Å². The van der Waals surface area contributed by atoms with Crippen LogP contribution in [0, 0.1) is 23.7 Å². The molecule has 7 heteroatoms. The van der Waals surface area contributed by atoms with Crippen LogP contribution >= 0.6 is 0 Å². The Morgan fingerprint density at radius 3 is 1.90 bits per heavy atom. The molecule has 0 saturated heterocycles. The summed E-state index contributed by atoms with van der Waals surface area (Å²) in [4.78, 5) is 24.1. The Morgan fingerprint density at radius 1 is 0.966 bits per heavy atom. The van der Waals surface area contributed by atoms with Crippen molar-refractivity contribution < 1.29 is 19.9 Å². The minimum atomic E-state index is -1.12. The fraction of sp³-hybridized carbons (Fsp3) is 0.182. The molecule has 2 amide bonds. The summed E-state index contributed by atoms with van der Waals surface area (Å²) in [5.41, 5.74) is 8.02. The van der Waals surface area contributed by atoms with Gasteiger partial charge in [-0.05, 0) is 74.2 Å². The maximum Gasteiger partial charge on any atom is 0.267 e. The molecule has 0 aliphatic heterocycles. The second kappa shape index (κ2) is 9.43. The van der Waals surface area contributed by atoms with Gasteiger partial charge in [0.1, 0.15) is 11.8 Å². The van der Waals surface area contributed by atoms with Gasteiger partial charge in [-0.1, -0.05) is 11.8 Å². The molecule has 2 aromatic carbocycles. The Kier molecular flexibility index (Phi) is 6.99. The minimum Gasteiger partial charge on any atom is -0.508 e. The van der Waals surface area contributed by atoms with Gasteiger partial charge in [0.15, 0.2) is 0 Å². The van der Waals surface area contributed by atoms with E-state index in [1.54, 1.807) is 62.4 Å².